The van der Waals surface area contributed by atoms with Crippen molar-refractivity contribution in [1.82, 2.24) is 15.1 Å². The zero-order chi connectivity index (χ0) is 13.9. The highest BCUT2D eigenvalue weighted by Crippen LogP contribution is 2.25. The molecule has 1 aliphatic rings. The Morgan fingerprint density at radius 3 is 3.10 bits per heavy atom. The number of hydrogen-bond acceptors (Lipinski definition) is 3. The number of nitrogens with zero attached hydrogens (tertiary/aromatic N) is 2. The SMILES string of the molecule is O=C(Nc1cc(Cl)ccc1-n1cccn1)C1CCNC1. The summed E-state index contributed by atoms with van der Waals surface area (Å²) in [7, 11) is 0. The molecule has 0 bridgehead atoms. The first-order chi connectivity index (χ1) is 9.74. The Morgan fingerprint density at radius 1 is 1.50 bits per heavy atom. The minimum atomic E-state index is 0.0134. The molecule has 0 radical (unpaired) electrons. The van der Waals surface area contributed by atoms with Crippen molar-refractivity contribution in [3.63, 3.8) is 0 Å². The Hall–Kier alpha value is -1.85. The molecule has 1 aliphatic heterocycles. The average Bonchev–Trinajstić information content (AvgIpc) is 3.12. The number of hydrogen-bond donors (Lipinski definition) is 2. The summed E-state index contributed by atoms with van der Waals surface area (Å²) >= 11 is 6.03. The monoisotopic (exact) mass is 290 g/mol. The Labute approximate surface area is 121 Å². The summed E-state index contributed by atoms with van der Waals surface area (Å²) < 4.78 is 1.71. The van der Waals surface area contributed by atoms with Crippen molar-refractivity contribution in [2.24, 2.45) is 5.92 Å². The topological polar surface area (TPSA) is 59.0 Å². The summed E-state index contributed by atoms with van der Waals surface area (Å²) in [5.41, 5.74) is 1.48. The van der Waals surface area contributed by atoms with E-state index in [0.29, 0.717) is 10.7 Å². The van der Waals surface area contributed by atoms with Crippen molar-refractivity contribution in [3.8, 4) is 5.69 Å². The van der Waals surface area contributed by atoms with Crippen LogP contribution in [0.3, 0.4) is 0 Å². The maximum Gasteiger partial charge on any atom is 0.228 e. The third-order valence-corrected chi connectivity index (χ3v) is 3.63. The van der Waals surface area contributed by atoms with Crippen LogP contribution in [0.4, 0.5) is 5.69 Å². The number of carbonyl (C=O) groups excluding carboxylic acids is 1. The molecule has 2 aromatic rings. The largest absolute Gasteiger partial charge is 0.324 e. The van der Waals surface area contributed by atoms with E-state index in [1.807, 2.05) is 18.3 Å². The van der Waals surface area contributed by atoms with E-state index in [4.69, 9.17) is 11.6 Å². The summed E-state index contributed by atoms with van der Waals surface area (Å²) in [6.45, 7) is 1.61. The molecule has 20 heavy (non-hydrogen) atoms. The number of halogens is 1. The number of benzene rings is 1. The molecule has 2 N–H and O–H groups in total. The van der Waals surface area contributed by atoms with E-state index < -0.39 is 0 Å². The molecule has 6 heteroatoms. The molecule has 1 saturated heterocycles. The van der Waals surface area contributed by atoms with E-state index >= 15 is 0 Å². The predicted octanol–water partition coefficient (Wildman–Crippen LogP) is 2.07. The van der Waals surface area contributed by atoms with Crippen LogP contribution in [-0.4, -0.2) is 28.8 Å². The fourth-order valence-electron chi connectivity index (χ4n) is 2.33. The third kappa shape index (κ3) is 2.69. The van der Waals surface area contributed by atoms with Gasteiger partial charge in [-0.05, 0) is 37.2 Å². The molecular weight excluding hydrogens is 276 g/mol. The molecule has 3 rings (SSSR count). The van der Waals surface area contributed by atoms with Gasteiger partial charge in [-0.15, -0.1) is 0 Å². The molecule has 1 unspecified atom stereocenters. The number of nitrogens with one attached hydrogen (secondary N) is 2. The van der Waals surface area contributed by atoms with Gasteiger partial charge in [0.1, 0.15) is 0 Å². The van der Waals surface area contributed by atoms with Crippen LogP contribution < -0.4 is 10.6 Å². The van der Waals surface area contributed by atoms with E-state index in [1.165, 1.54) is 0 Å². The van der Waals surface area contributed by atoms with Crippen LogP contribution in [0, 0.1) is 5.92 Å². The zero-order valence-electron chi connectivity index (χ0n) is 10.8. The van der Waals surface area contributed by atoms with Crippen molar-refractivity contribution in [3.05, 3.63) is 41.7 Å². The molecule has 1 aromatic heterocycles. The molecule has 1 aromatic carbocycles. The second kappa shape index (κ2) is 5.64. The average molecular weight is 291 g/mol. The van der Waals surface area contributed by atoms with E-state index in [0.717, 1.165) is 25.2 Å². The Bertz CT molecular complexity index is 606. The van der Waals surface area contributed by atoms with Crippen molar-refractivity contribution in [2.45, 2.75) is 6.42 Å². The van der Waals surface area contributed by atoms with Crippen LogP contribution in [0.25, 0.3) is 5.69 Å². The Balaban J connectivity index is 1.87. The lowest BCUT2D eigenvalue weighted by Gasteiger charge is -2.14. The Kier molecular flexibility index (Phi) is 3.71. The van der Waals surface area contributed by atoms with Crippen molar-refractivity contribution < 1.29 is 4.79 Å². The number of anilines is 1. The fraction of sp³-hybridized carbons (Fsp3) is 0.286. The van der Waals surface area contributed by atoms with Crippen molar-refractivity contribution in [1.29, 1.82) is 0 Å². The minimum Gasteiger partial charge on any atom is -0.324 e. The van der Waals surface area contributed by atoms with Gasteiger partial charge in [0, 0.05) is 24.0 Å². The summed E-state index contributed by atoms with van der Waals surface area (Å²) in [4.78, 5) is 12.2. The molecular formula is C14H15ClN4O. The van der Waals surface area contributed by atoms with Gasteiger partial charge in [0.15, 0.2) is 0 Å². The first kappa shape index (κ1) is 13.1. The van der Waals surface area contributed by atoms with Crippen LogP contribution in [0.1, 0.15) is 6.42 Å². The predicted molar refractivity (Wildman–Crippen MR) is 78.2 cm³/mol. The zero-order valence-corrected chi connectivity index (χ0v) is 11.6. The third-order valence-electron chi connectivity index (χ3n) is 3.40. The van der Waals surface area contributed by atoms with Crippen LogP contribution >= 0.6 is 11.6 Å². The number of aromatic nitrogens is 2. The molecule has 1 amide bonds. The fourth-order valence-corrected chi connectivity index (χ4v) is 2.50. The number of amides is 1. The van der Waals surface area contributed by atoms with E-state index in [2.05, 4.69) is 15.7 Å². The van der Waals surface area contributed by atoms with Crippen molar-refractivity contribution >= 4 is 23.2 Å². The summed E-state index contributed by atoms with van der Waals surface area (Å²) in [6, 6.07) is 7.21. The van der Waals surface area contributed by atoms with E-state index in [-0.39, 0.29) is 11.8 Å². The van der Waals surface area contributed by atoms with Crippen LogP contribution in [0.5, 0.6) is 0 Å². The molecule has 1 atom stereocenters. The van der Waals surface area contributed by atoms with Gasteiger partial charge in [0.25, 0.3) is 0 Å². The lowest BCUT2D eigenvalue weighted by atomic mass is 10.1. The highest BCUT2D eigenvalue weighted by atomic mass is 35.5. The van der Waals surface area contributed by atoms with Gasteiger partial charge in [-0.1, -0.05) is 11.6 Å². The maximum absolute atomic E-state index is 12.2. The highest BCUT2D eigenvalue weighted by Gasteiger charge is 2.23. The molecule has 1 fully saturated rings. The second-order valence-corrected chi connectivity index (χ2v) is 5.23. The van der Waals surface area contributed by atoms with E-state index in [1.54, 1.807) is 23.0 Å². The first-order valence-corrected chi connectivity index (χ1v) is 6.93. The minimum absolute atomic E-state index is 0.0134. The highest BCUT2D eigenvalue weighted by molar-refractivity contribution is 6.31. The molecule has 104 valence electrons. The van der Waals surface area contributed by atoms with Crippen LogP contribution in [0.2, 0.25) is 5.02 Å². The number of rotatable bonds is 3. The number of carbonyl (C=O) groups is 1. The van der Waals surface area contributed by atoms with Crippen LogP contribution in [0.15, 0.2) is 36.7 Å². The van der Waals surface area contributed by atoms with Gasteiger partial charge in [-0.2, -0.15) is 5.10 Å². The molecule has 5 nitrogen and oxygen atoms in total. The van der Waals surface area contributed by atoms with Gasteiger partial charge in [0.2, 0.25) is 5.91 Å². The van der Waals surface area contributed by atoms with Gasteiger partial charge in [-0.3, -0.25) is 4.79 Å². The van der Waals surface area contributed by atoms with Gasteiger partial charge < -0.3 is 10.6 Å². The van der Waals surface area contributed by atoms with Gasteiger partial charge in [0.05, 0.1) is 17.3 Å². The van der Waals surface area contributed by atoms with Crippen LogP contribution in [-0.2, 0) is 4.79 Å². The standard InChI is InChI=1S/C14H15ClN4O/c15-11-2-3-13(19-7-1-5-17-19)12(8-11)18-14(20)10-4-6-16-9-10/h1-3,5,7-8,10,16H,4,6,9H2,(H,18,20). The maximum atomic E-state index is 12.2. The molecule has 2 heterocycles. The molecule has 0 saturated carbocycles. The van der Waals surface area contributed by atoms with Gasteiger partial charge >= 0.3 is 0 Å². The molecule has 0 spiro atoms. The quantitative estimate of drug-likeness (QED) is 0.910. The van der Waals surface area contributed by atoms with Crippen molar-refractivity contribution in [2.75, 3.05) is 18.4 Å². The lowest BCUT2D eigenvalue weighted by Crippen LogP contribution is -2.25. The summed E-state index contributed by atoms with van der Waals surface area (Å²) in [5, 5.41) is 10.9. The summed E-state index contributed by atoms with van der Waals surface area (Å²) in [5.74, 6) is 0.0325. The van der Waals surface area contributed by atoms with E-state index in [9.17, 15) is 4.79 Å². The Morgan fingerprint density at radius 2 is 2.40 bits per heavy atom. The second-order valence-electron chi connectivity index (χ2n) is 4.79. The van der Waals surface area contributed by atoms with Gasteiger partial charge in [-0.25, -0.2) is 4.68 Å². The first-order valence-electron chi connectivity index (χ1n) is 6.55. The normalized spacial score (nSPS) is 18.1. The summed E-state index contributed by atoms with van der Waals surface area (Å²) in [6.07, 6.45) is 4.39. The smallest absolute Gasteiger partial charge is 0.228 e. The lowest BCUT2D eigenvalue weighted by molar-refractivity contribution is -0.119. The molecule has 0 aliphatic carbocycles.